The topological polar surface area (TPSA) is 76.9 Å². The number of nitrogens with zero attached hydrogens (tertiary/aromatic N) is 3. The fraction of sp³-hybridized carbons (Fsp3) is 0.0909. The number of pyridine rings is 2. The van der Waals surface area contributed by atoms with E-state index in [-0.39, 0.29) is 21.3 Å². The zero-order valence-corrected chi connectivity index (χ0v) is 17.4. The van der Waals surface area contributed by atoms with Crippen LogP contribution in [0.15, 0.2) is 61.2 Å². The van der Waals surface area contributed by atoms with E-state index in [4.69, 9.17) is 23.2 Å². The Bertz CT molecular complexity index is 1260. The normalized spacial score (nSPS) is 10.9. The minimum absolute atomic E-state index is 0.146. The van der Waals surface area contributed by atoms with Crippen LogP contribution in [-0.2, 0) is 11.3 Å². The Balaban J connectivity index is 1.69. The molecule has 150 valence electrons. The van der Waals surface area contributed by atoms with Crippen LogP contribution in [0.4, 0.5) is 5.69 Å². The van der Waals surface area contributed by atoms with E-state index in [1.54, 1.807) is 24.5 Å². The summed E-state index contributed by atoms with van der Waals surface area (Å²) in [5.41, 5.74) is 3.25. The van der Waals surface area contributed by atoms with Gasteiger partial charge in [-0.15, -0.1) is 0 Å². The highest BCUT2D eigenvalue weighted by Crippen LogP contribution is 2.29. The molecule has 30 heavy (non-hydrogen) atoms. The van der Waals surface area contributed by atoms with Crippen LogP contribution in [0, 0.1) is 6.92 Å². The van der Waals surface area contributed by atoms with Gasteiger partial charge in [0.05, 0.1) is 21.3 Å². The number of ketones is 1. The summed E-state index contributed by atoms with van der Waals surface area (Å²) in [5.74, 6) is -1.55. The summed E-state index contributed by atoms with van der Waals surface area (Å²) in [6.45, 7) is 2.55. The summed E-state index contributed by atoms with van der Waals surface area (Å²) < 4.78 is 1.87. The molecule has 4 rings (SSSR count). The molecular formula is C22H16Cl2N4O2. The van der Waals surface area contributed by atoms with Crippen LogP contribution in [0.25, 0.3) is 11.0 Å². The summed E-state index contributed by atoms with van der Waals surface area (Å²) in [6, 6.07) is 11.5. The van der Waals surface area contributed by atoms with Gasteiger partial charge < -0.3 is 9.88 Å². The number of aromatic nitrogens is 3. The molecule has 0 aliphatic carbocycles. The molecule has 8 heteroatoms. The van der Waals surface area contributed by atoms with Crippen LogP contribution in [0.1, 0.15) is 21.5 Å². The first kappa shape index (κ1) is 20.1. The van der Waals surface area contributed by atoms with Crippen molar-refractivity contribution < 1.29 is 9.59 Å². The number of fused-ring (bicyclic) bond motifs is 1. The van der Waals surface area contributed by atoms with Crippen molar-refractivity contribution in [1.29, 1.82) is 0 Å². The van der Waals surface area contributed by atoms with Crippen LogP contribution >= 0.6 is 23.2 Å². The maximum absolute atomic E-state index is 13.0. The van der Waals surface area contributed by atoms with Crippen molar-refractivity contribution in [3.05, 3.63) is 87.9 Å². The summed E-state index contributed by atoms with van der Waals surface area (Å²) in [6.07, 6.45) is 5.99. The summed E-state index contributed by atoms with van der Waals surface area (Å²) >= 11 is 12.1. The molecule has 3 aromatic heterocycles. The molecule has 1 aromatic carbocycles. The summed E-state index contributed by atoms with van der Waals surface area (Å²) in [7, 11) is 0. The fourth-order valence-electron chi connectivity index (χ4n) is 3.22. The SMILES string of the molecule is Cc1ccccc1Cn1cc(C(=O)C(=O)Nc2c(Cl)cncc2Cl)c2cccnc21. The lowest BCUT2D eigenvalue weighted by Gasteiger charge is -2.08. The molecule has 0 fully saturated rings. The molecule has 3 heterocycles. The summed E-state index contributed by atoms with van der Waals surface area (Å²) in [5, 5.41) is 3.37. The number of hydrogen-bond acceptors (Lipinski definition) is 4. The maximum Gasteiger partial charge on any atom is 0.296 e. The average Bonchev–Trinajstić information content (AvgIpc) is 3.10. The molecule has 0 spiro atoms. The third kappa shape index (κ3) is 3.79. The minimum Gasteiger partial charge on any atom is -0.327 e. The van der Waals surface area contributed by atoms with Crippen LogP contribution in [-0.4, -0.2) is 26.2 Å². The van der Waals surface area contributed by atoms with Crippen LogP contribution in [0.2, 0.25) is 10.0 Å². The second-order valence-corrected chi connectivity index (χ2v) is 7.55. The van der Waals surface area contributed by atoms with Gasteiger partial charge in [-0.3, -0.25) is 14.6 Å². The van der Waals surface area contributed by atoms with E-state index in [1.165, 1.54) is 12.4 Å². The second kappa shape index (κ2) is 8.26. The van der Waals surface area contributed by atoms with E-state index in [0.29, 0.717) is 17.6 Å². The number of aryl methyl sites for hydroxylation is 1. The Kier molecular flexibility index (Phi) is 5.53. The van der Waals surface area contributed by atoms with E-state index in [2.05, 4.69) is 15.3 Å². The number of carbonyl (C=O) groups excluding carboxylic acids is 2. The maximum atomic E-state index is 13.0. The Morgan fingerprint density at radius 3 is 2.53 bits per heavy atom. The van der Waals surface area contributed by atoms with Gasteiger partial charge in [0, 0.05) is 36.7 Å². The fourth-order valence-corrected chi connectivity index (χ4v) is 3.68. The van der Waals surface area contributed by atoms with E-state index < -0.39 is 11.7 Å². The molecular weight excluding hydrogens is 423 g/mol. The van der Waals surface area contributed by atoms with Gasteiger partial charge >= 0.3 is 0 Å². The van der Waals surface area contributed by atoms with Crippen LogP contribution in [0.3, 0.4) is 0 Å². The van der Waals surface area contributed by atoms with E-state index >= 15 is 0 Å². The van der Waals surface area contributed by atoms with E-state index in [1.807, 2.05) is 35.8 Å². The van der Waals surface area contributed by atoms with Gasteiger partial charge in [0.25, 0.3) is 11.7 Å². The Morgan fingerprint density at radius 1 is 1.07 bits per heavy atom. The number of amides is 1. The van der Waals surface area contributed by atoms with Crippen LogP contribution < -0.4 is 5.32 Å². The zero-order valence-electron chi connectivity index (χ0n) is 15.9. The lowest BCUT2D eigenvalue weighted by Crippen LogP contribution is -2.23. The van der Waals surface area contributed by atoms with Crippen molar-refractivity contribution in [3.8, 4) is 0 Å². The number of hydrogen-bond donors (Lipinski definition) is 1. The highest BCUT2D eigenvalue weighted by molar-refractivity contribution is 6.50. The number of halogens is 2. The van der Waals surface area contributed by atoms with Gasteiger partial charge in [0.15, 0.2) is 0 Å². The molecule has 0 saturated heterocycles. The van der Waals surface area contributed by atoms with Gasteiger partial charge in [-0.1, -0.05) is 47.5 Å². The number of anilines is 1. The molecule has 0 bridgehead atoms. The molecule has 0 aliphatic heterocycles. The molecule has 1 amide bonds. The third-order valence-electron chi connectivity index (χ3n) is 4.78. The molecule has 6 nitrogen and oxygen atoms in total. The Hall–Kier alpha value is -3.22. The third-order valence-corrected chi connectivity index (χ3v) is 5.35. The molecule has 0 radical (unpaired) electrons. The highest BCUT2D eigenvalue weighted by atomic mass is 35.5. The van der Waals surface area contributed by atoms with Crippen molar-refractivity contribution in [2.24, 2.45) is 0 Å². The van der Waals surface area contributed by atoms with Gasteiger partial charge in [0.2, 0.25) is 0 Å². The Morgan fingerprint density at radius 2 is 1.80 bits per heavy atom. The Labute approximate surface area is 182 Å². The number of benzene rings is 1. The molecule has 0 atom stereocenters. The average molecular weight is 439 g/mol. The zero-order chi connectivity index (χ0) is 21.3. The standard InChI is InChI=1S/C22H16Cl2N4O2/c1-13-5-2-3-6-14(13)11-28-12-16(15-7-4-8-26-21(15)28)20(29)22(30)27-19-17(23)9-25-10-18(19)24/h2-10,12H,11H2,1H3,(H,25,27,30). The van der Waals surface area contributed by atoms with Gasteiger partial charge in [-0.05, 0) is 30.2 Å². The minimum atomic E-state index is -0.844. The summed E-state index contributed by atoms with van der Waals surface area (Å²) in [4.78, 5) is 33.9. The molecule has 1 N–H and O–H groups in total. The van der Waals surface area contributed by atoms with Crippen molar-refractivity contribution in [2.45, 2.75) is 13.5 Å². The first-order valence-electron chi connectivity index (χ1n) is 9.08. The van der Waals surface area contributed by atoms with Crippen molar-refractivity contribution in [2.75, 3.05) is 5.32 Å². The predicted octanol–water partition coefficient (Wildman–Crippen LogP) is 4.92. The number of rotatable bonds is 5. The molecule has 0 unspecified atom stereocenters. The van der Waals surface area contributed by atoms with Crippen molar-refractivity contribution in [3.63, 3.8) is 0 Å². The second-order valence-electron chi connectivity index (χ2n) is 6.73. The van der Waals surface area contributed by atoms with Crippen molar-refractivity contribution in [1.82, 2.24) is 14.5 Å². The number of nitrogens with one attached hydrogen (secondary N) is 1. The quantitative estimate of drug-likeness (QED) is 0.354. The molecule has 0 saturated carbocycles. The van der Waals surface area contributed by atoms with Gasteiger partial charge in [0.1, 0.15) is 5.65 Å². The van der Waals surface area contributed by atoms with Gasteiger partial charge in [-0.2, -0.15) is 0 Å². The largest absolute Gasteiger partial charge is 0.327 e. The lowest BCUT2D eigenvalue weighted by atomic mass is 10.1. The first-order chi connectivity index (χ1) is 14.5. The van der Waals surface area contributed by atoms with Gasteiger partial charge in [-0.25, -0.2) is 4.98 Å². The smallest absolute Gasteiger partial charge is 0.296 e. The number of Topliss-reactive ketones (excluding diaryl/α,β-unsaturated/α-hetero) is 1. The molecule has 4 aromatic rings. The monoisotopic (exact) mass is 438 g/mol. The van der Waals surface area contributed by atoms with E-state index in [0.717, 1.165) is 11.1 Å². The number of carbonyl (C=O) groups is 2. The first-order valence-corrected chi connectivity index (χ1v) is 9.84. The molecule has 0 aliphatic rings. The van der Waals surface area contributed by atoms with Crippen LogP contribution in [0.5, 0.6) is 0 Å². The predicted molar refractivity (Wildman–Crippen MR) is 117 cm³/mol. The van der Waals surface area contributed by atoms with Crippen molar-refractivity contribution >= 4 is 51.6 Å². The van der Waals surface area contributed by atoms with E-state index in [9.17, 15) is 9.59 Å². The lowest BCUT2D eigenvalue weighted by molar-refractivity contribution is -0.112. The highest BCUT2D eigenvalue weighted by Gasteiger charge is 2.24.